The number of benzene rings is 3. The summed E-state index contributed by atoms with van der Waals surface area (Å²) in [6.45, 7) is 9.98. The van der Waals surface area contributed by atoms with Crippen LogP contribution in [0.4, 0.5) is 0 Å². The van der Waals surface area contributed by atoms with E-state index in [2.05, 4.69) is 53.2 Å². The topological polar surface area (TPSA) is 479 Å². The third kappa shape index (κ3) is 23.4. The first-order valence-corrected chi connectivity index (χ1v) is 30.9. The fourth-order valence-electron chi connectivity index (χ4n) is 9.83. The Morgan fingerprint density at radius 1 is 0.537 bits per heavy atom. The van der Waals surface area contributed by atoms with E-state index in [1.807, 2.05) is 0 Å². The molecule has 0 unspecified atom stereocenters. The molecule has 95 heavy (non-hydrogen) atoms. The summed E-state index contributed by atoms with van der Waals surface area (Å²) >= 11 is 0. The average Bonchev–Trinajstić information content (AvgIpc) is 0.888. The molecule has 10 amide bonds. The van der Waals surface area contributed by atoms with Crippen LogP contribution in [-0.4, -0.2) is 198 Å². The zero-order valence-corrected chi connectivity index (χ0v) is 54.2. The van der Waals surface area contributed by atoms with Gasteiger partial charge in [-0.2, -0.15) is 0 Å². The number of esters is 1. The first kappa shape index (κ1) is 78.3. The summed E-state index contributed by atoms with van der Waals surface area (Å²) < 4.78 is 5.84. The van der Waals surface area contributed by atoms with Crippen molar-refractivity contribution in [2.45, 2.75) is 166 Å². The first-order chi connectivity index (χ1) is 44.8. The molecule has 1 fully saturated rings. The smallest absolute Gasteiger partial charge is 0.328 e. The lowest BCUT2D eigenvalue weighted by molar-refractivity contribution is -0.156. The molecule has 1 aliphatic rings. The van der Waals surface area contributed by atoms with E-state index in [0.29, 0.717) is 0 Å². The highest BCUT2D eigenvalue weighted by atomic mass is 16.5. The first-order valence-electron chi connectivity index (χ1n) is 30.9. The highest BCUT2D eigenvalue weighted by Gasteiger charge is 2.41. The van der Waals surface area contributed by atoms with Gasteiger partial charge in [0.15, 0.2) is 0 Å². The number of phenols is 1. The molecule has 15 atom stereocenters. The van der Waals surface area contributed by atoms with E-state index in [-0.39, 0.29) is 46.8 Å². The molecule has 0 spiro atoms. The number of aliphatic hydroxyl groups excluding tert-OH is 7. The van der Waals surface area contributed by atoms with Gasteiger partial charge < -0.3 is 98.8 Å². The summed E-state index contributed by atoms with van der Waals surface area (Å²) in [6, 6.07) is -0.353. The number of allylic oxidation sites excluding steroid dienone is 1. The summed E-state index contributed by atoms with van der Waals surface area (Å²) in [5.74, 6) is -15.1. The van der Waals surface area contributed by atoms with Crippen molar-refractivity contribution in [2.24, 2.45) is 17.8 Å². The molecule has 30 heteroatoms. The van der Waals surface area contributed by atoms with Gasteiger partial charge in [-0.05, 0) is 91.8 Å². The maximum Gasteiger partial charge on any atom is 0.328 e. The Hall–Kier alpha value is -9.17. The predicted octanol–water partition coefficient (Wildman–Crippen LogP) is -2.62. The SMILES string of the molecule is C/C=C/[C@H](O)[C@H](O)c1ccccc1/C=C/C(=O)N[C@@H]1C(=O)N[C@@H](CO)C(=O)N[C@H](CC(C)C)C(=O)N[C@@H]([C@H](O)c2ccccc2)C(=O)N[C@@H](CO)C(=O)N[C@H]([C@@H](C)O)C(=O)N[C@H](CO)C(=O)N[C@H](c2ccc(O)cc2)C(=O)N[C@@H](C(C)C)C(=O)N[C@H](CC(C)C)C(=O)O[C@H]1C. The lowest BCUT2D eigenvalue weighted by Crippen LogP contribution is -2.63. The van der Waals surface area contributed by atoms with Crippen molar-refractivity contribution in [1.29, 1.82) is 0 Å². The van der Waals surface area contributed by atoms with Crippen molar-refractivity contribution in [3.63, 3.8) is 0 Å². The molecule has 0 saturated carbocycles. The molecule has 0 bridgehead atoms. The van der Waals surface area contributed by atoms with Crippen LogP contribution in [0, 0.1) is 17.8 Å². The Labute approximate surface area is 549 Å². The normalized spacial score (nSPS) is 25.5. The minimum atomic E-state index is -2.07. The number of hydrogen-bond donors (Lipinski definition) is 18. The highest BCUT2D eigenvalue weighted by molar-refractivity contribution is 6.00. The summed E-state index contributed by atoms with van der Waals surface area (Å²) in [5.41, 5.74) is 0.447. The molecule has 30 nitrogen and oxygen atoms in total. The Morgan fingerprint density at radius 2 is 1.00 bits per heavy atom. The number of ether oxygens (including phenoxy) is 1. The van der Waals surface area contributed by atoms with Crippen molar-refractivity contribution < 1.29 is 98.3 Å². The van der Waals surface area contributed by atoms with E-state index in [4.69, 9.17) is 4.74 Å². The van der Waals surface area contributed by atoms with Gasteiger partial charge in [-0.1, -0.05) is 120 Å². The molecule has 1 heterocycles. The van der Waals surface area contributed by atoms with Crippen LogP contribution in [0.2, 0.25) is 0 Å². The standard InChI is InChI=1S/C65H90N10O20/c1-10-16-47(81)55(84)41-20-15-14-17-37(41)23-26-48(82)71-51-36(9)95-65(94)43(28-33(4)5)67-60(89)49(34(6)7)72-63(92)52(38-21-24-40(80)25-22-38)74-59(88)46(31-78)68-61(90)50(35(8)79)73-58(87)45(30-77)70-64(93)53(54(83)39-18-12-11-13-19-39)75-56(85)42(27-32(2)3)66-57(86)44(29-76)69-62(51)91/h10-26,32-36,42-47,49-55,76-81,83-84H,27-31H2,1-9H3,(H,66,86)(H,67,89)(H,68,90)(H,69,91)(H,70,93)(H,71,82)(H,72,92)(H,73,87)(H,74,88)(H,75,85)/b16-10+,26-23+/t35-,36+,42-,43-,44+,45+,46-,47+,49+,50-,51+,52-,53+,54-,55-/m1/s1. The minimum absolute atomic E-state index is 0.0215. The molecule has 0 radical (unpaired) electrons. The largest absolute Gasteiger partial charge is 0.508 e. The molecular formula is C65H90N10O20. The van der Waals surface area contributed by atoms with E-state index in [9.17, 15) is 93.6 Å². The van der Waals surface area contributed by atoms with Gasteiger partial charge in [0.25, 0.3) is 0 Å². The van der Waals surface area contributed by atoms with Gasteiger partial charge in [-0.3, -0.25) is 47.9 Å². The van der Waals surface area contributed by atoms with Crippen molar-refractivity contribution in [3.8, 4) is 5.75 Å². The Kier molecular flexibility index (Phi) is 31.0. The van der Waals surface area contributed by atoms with Gasteiger partial charge in [-0.15, -0.1) is 0 Å². The van der Waals surface area contributed by atoms with Gasteiger partial charge in [0.1, 0.15) is 90.6 Å². The summed E-state index contributed by atoms with van der Waals surface area (Å²) in [4.78, 5) is 157. The zero-order valence-electron chi connectivity index (χ0n) is 54.2. The number of carbonyl (C=O) groups excluding carboxylic acids is 11. The number of aliphatic hydroxyl groups is 7. The van der Waals surface area contributed by atoms with E-state index in [1.165, 1.54) is 87.5 Å². The van der Waals surface area contributed by atoms with Crippen molar-refractivity contribution in [1.82, 2.24) is 53.2 Å². The van der Waals surface area contributed by atoms with Gasteiger partial charge in [0.05, 0.1) is 25.9 Å². The molecule has 0 aliphatic carbocycles. The van der Waals surface area contributed by atoms with Gasteiger partial charge in [-0.25, -0.2) is 4.79 Å². The molecule has 18 N–H and O–H groups in total. The van der Waals surface area contributed by atoms with Crippen molar-refractivity contribution in [2.75, 3.05) is 19.8 Å². The van der Waals surface area contributed by atoms with Crippen LogP contribution in [0.5, 0.6) is 5.75 Å². The fraction of sp³-hybridized carbons (Fsp3) is 0.492. The van der Waals surface area contributed by atoms with Crippen LogP contribution in [0.1, 0.15) is 116 Å². The predicted molar refractivity (Wildman–Crippen MR) is 341 cm³/mol. The van der Waals surface area contributed by atoms with Crippen LogP contribution in [0.25, 0.3) is 6.08 Å². The van der Waals surface area contributed by atoms with Gasteiger partial charge in [0, 0.05) is 6.08 Å². The Morgan fingerprint density at radius 3 is 1.55 bits per heavy atom. The quantitative estimate of drug-likeness (QED) is 0.0352. The molecule has 1 aliphatic heterocycles. The maximum absolute atomic E-state index is 14.6. The van der Waals surface area contributed by atoms with Gasteiger partial charge >= 0.3 is 5.97 Å². The van der Waals surface area contributed by atoms with Crippen molar-refractivity contribution in [3.05, 3.63) is 119 Å². The lowest BCUT2D eigenvalue weighted by Gasteiger charge is -2.30. The van der Waals surface area contributed by atoms with E-state index in [1.54, 1.807) is 52.8 Å². The van der Waals surface area contributed by atoms with Crippen LogP contribution >= 0.6 is 0 Å². The number of amides is 10. The monoisotopic (exact) mass is 1330 g/mol. The number of hydrogen-bond acceptors (Lipinski definition) is 20. The van der Waals surface area contributed by atoms with Gasteiger partial charge in [0.2, 0.25) is 59.1 Å². The number of cyclic esters (lactones) is 1. The number of nitrogens with one attached hydrogen (secondary N) is 10. The van der Waals surface area contributed by atoms with E-state index in [0.717, 1.165) is 25.1 Å². The second kappa shape index (κ2) is 37.7. The number of carbonyl (C=O) groups is 11. The average molecular weight is 1330 g/mol. The Balaban J connectivity index is 1.91. The van der Waals surface area contributed by atoms with Crippen molar-refractivity contribution >= 4 is 71.1 Å². The Bertz CT molecular complexity index is 3180. The second-order valence-electron chi connectivity index (χ2n) is 24.0. The third-order valence-corrected chi connectivity index (χ3v) is 15.0. The number of aromatic hydroxyl groups is 1. The maximum atomic E-state index is 14.6. The molecule has 520 valence electrons. The minimum Gasteiger partial charge on any atom is -0.508 e. The fourth-order valence-corrected chi connectivity index (χ4v) is 9.83. The number of phenolic OH excluding ortho intramolecular Hbond substituents is 1. The zero-order chi connectivity index (χ0) is 71.0. The highest BCUT2D eigenvalue weighted by Crippen LogP contribution is 2.25. The van der Waals surface area contributed by atoms with E-state index >= 15 is 0 Å². The summed E-state index contributed by atoms with van der Waals surface area (Å²) in [6.07, 6.45) is -3.61. The molecular weight excluding hydrogens is 1240 g/mol. The molecule has 1 saturated heterocycles. The summed E-state index contributed by atoms with van der Waals surface area (Å²) in [5, 5.41) is 109. The van der Waals surface area contributed by atoms with Crippen LogP contribution < -0.4 is 53.2 Å². The lowest BCUT2D eigenvalue weighted by atomic mass is 9.98. The molecule has 0 aromatic heterocycles. The third-order valence-electron chi connectivity index (χ3n) is 15.0. The molecule has 3 aromatic rings. The second-order valence-corrected chi connectivity index (χ2v) is 24.0. The summed E-state index contributed by atoms with van der Waals surface area (Å²) in [7, 11) is 0. The molecule has 3 aromatic carbocycles. The van der Waals surface area contributed by atoms with Crippen LogP contribution in [0.3, 0.4) is 0 Å². The molecule has 4 rings (SSSR count). The number of rotatable bonds is 18. The van der Waals surface area contributed by atoms with E-state index < -0.39 is 188 Å². The van der Waals surface area contributed by atoms with Crippen LogP contribution in [0.15, 0.2) is 97.1 Å². The van der Waals surface area contributed by atoms with Crippen LogP contribution in [-0.2, 0) is 57.5 Å².